The molecule has 2 aliphatic heterocycles. The van der Waals surface area contributed by atoms with Crippen molar-refractivity contribution < 1.29 is 4.74 Å². The summed E-state index contributed by atoms with van der Waals surface area (Å²) in [5, 5.41) is 9.06. The molecule has 2 aromatic carbocycles. The number of rotatable bonds is 7. The first kappa shape index (κ1) is 23.6. The molecule has 2 aromatic heterocycles. The average Bonchev–Trinajstić information content (AvgIpc) is 3.49. The highest BCUT2D eigenvalue weighted by molar-refractivity contribution is 5.93. The van der Waals surface area contributed by atoms with Crippen LogP contribution in [0, 0.1) is 0 Å². The summed E-state index contributed by atoms with van der Waals surface area (Å²) in [4.78, 5) is 16.6. The number of hydrogen-bond donors (Lipinski definition) is 1. The summed E-state index contributed by atoms with van der Waals surface area (Å²) in [6, 6.07) is 18.9. The van der Waals surface area contributed by atoms with E-state index < -0.39 is 0 Å². The molecular weight excluding hydrogens is 462 g/mol. The maximum atomic E-state index is 5.46. The number of benzene rings is 2. The van der Waals surface area contributed by atoms with Crippen LogP contribution in [0.1, 0.15) is 19.8 Å². The van der Waals surface area contributed by atoms with Crippen molar-refractivity contribution in [3.8, 4) is 11.1 Å². The molecule has 37 heavy (non-hydrogen) atoms. The number of morpholine rings is 1. The third-order valence-electron chi connectivity index (χ3n) is 7.16. The third kappa shape index (κ3) is 5.08. The van der Waals surface area contributed by atoms with Crippen molar-refractivity contribution in [1.82, 2.24) is 20.0 Å². The fourth-order valence-corrected chi connectivity index (χ4v) is 5.20. The number of anilines is 4. The van der Waals surface area contributed by atoms with Crippen molar-refractivity contribution in [2.24, 2.45) is 0 Å². The molecule has 6 rings (SSSR count). The van der Waals surface area contributed by atoms with E-state index in [4.69, 9.17) is 14.7 Å². The molecule has 0 spiro atoms. The first-order chi connectivity index (χ1) is 18.3. The molecule has 0 radical (unpaired) electrons. The summed E-state index contributed by atoms with van der Waals surface area (Å²) >= 11 is 0. The molecule has 0 bridgehead atoms. The molecule has 1 N–H and O–H groups in total. The van der Waals surface area contributed by atoms with Gasteiger partial charge in [-0.3, -0.25) is 5.01 Å². The van der Waals surface area contributed by atoms with E-state index in [0.717, 1.165) is 79.5 Å². The Hall–Kier alpha value is -3.75. The van der Waals surface area contributed by atoms with Gasteiger partial charge in [0.15, 0.2) is 0 Å². The minimum absolute atomic E-state index is 0.579. The van der Waals surface area contributed by atoms with Gasteiger partial charge >= 0.3 is 0 Å². The number of ether oxygens (including phenoxy) is 1. The Morgan fingerprint density at radius 3 is 2.43 bits per heavy atom. The molecule has 8 heteroatoms. The van der Waals surface area contributed by atoms with E-state index in [1.807, 2.05) is 18.5 Å². The summed E-state index contributed by atoms with van der Waals surface area (Å²) in [5.74, 6) is 1.57. The minimum Gasteiger partial charge on any atom is -0.378 e. The van der Waals surface area contributed by atoms with E-state index in [1.54, 1.807) is 0 Å². The SMILES string of the molecule is CCN(c1ccc(-c2cccc3cnc(Nc4ccc(N5CCOCC5)cc4)nc23)cn1)N1CCCC1. The molecule has 0 aliphatic carbocycles. The number of hydrogen-bond acceptors (Lipinski definition) is 8. The quantitative estimate of drug-likeness (QED) is 0.379. The average molecular weight is 496 g/mol. The number of pyridine rings is 1. The second-order valence-electron chi connectivity index (χ2n) is 9.49. The zero-order valence-electron chi connectivity index (χ0n) is 21.3. The number of nitrogens with one attached hydrogen (secondary N) is 1. The first-order valence-corrected chi connectivity index (χ1v) is 13.2. The second kappa shape index (κ2) is 10.7. The minimum atomic E-state index is 0.579. The highest BCUT2D eigenvalue weighted by Crippen LogP contribution is 2.29. The van der Waals surface area contributed by atoms with Crippen LogP contribution in [0.2, 0.25) is 0 Å². The Morgan fingerprint density at radius 2 is 1.70 bits per heavy atom. The molecule has 2 saturated heterocycles. The van der Waals surface area contributed by atoms with E-state index in [-0.39, 0.29) is 0 Å². The Labute approximate surface area is 217 Å². The normalized spacial score (nSPS) is 16.3. The molecule has 0 atom stereocenters. The Balaban J connectivity index is 1.23. The van der Waals surface area contributed by atoms with Crippen LogP contribution < -0.4 is 15.2 Å². The number of nitrogens with zero attached hydrogens (tertiary/aromatic N) is 6. The van der Waals surface area contributed by atoms with Gasteiger partial charge in [0.2, 0.25) is 5.95 Å². The lowest BCUT2D eigenvalue weighted by molar-refractivity contribution is 0.122. The maximum Gasteiger partial charge on any atom is 0.227 e. The summed E-state index contributed by atoms with van der Waals surface area (Å²) in [5.41, 5.74) is 5.17. The zero-order chi connectivity index (χ0) is 25.0. The van der Waals surface area contributed by atoms with Crippen LogP contribution >= 0.6 is 0 Å². The lowest BCUT2D eigenvalue weighted by atomic mass is 10.0. The molecule has 8 nitrogen and oxygen atoms in total. The van der Waals surface area contributed by atoms with Crippen LogP contribution in [0.15, 0.2) is 67.0 Å². The zero-order valence-corrected chi connectivity index (χ0v) is 21.3. The van der Waals surface area contributed by atoms with E-state index in [2.05, 4.69) is 80.7 Å². The topological polar surface area (TPSA) is 69.7 Å². The fraction of sp³-hybridized carbons (Fsp3) is 0.345. The van der Waals surface area contributed by atoms with E-state index >= 15 is 0 Å². The monoisotopic (exact) mass is 495 g/mol. The Bertz CT molecular complexity index is 1330. The van der Waals surface area contributed by atoms with Crippen LogP contribution in [-0.4, -0.2) is 65.9 Å². The summed E-state index contributed by atoms with van der Waals surface area (Å²) in [6.45, 7) is 8.70. The molecule has 2 fully saturated rings. The van der Waals surface area contributed by atoms with Crippen molar-refractivity contribution in [2.45, 2.75) is 19.8 Å². The third-order valence-corrected chi connectivity index (χ3v) is 7.16. The van der Waals surface area contributed by atoms with Gasteiger partial charge in [0.25, 0.3) is 0 Å². The van der Waals surface area contributed by atoms with Crippen LogP contribution in [0.3, 0.4) is 0 Å². The summed E-state index contributed by atoms with van der Waals surface area (Å²) < 4.78 is 5.46. The standard InChI is InChI=1S/C29H33N7O/c1-2-36(35-14-3-4-15-35)27-13-8-22(20-30-27)26-7-5-6-23-21-31-29(33-28(23)26)32-24-9-11-25(12-10-24)34-16-18-37-19-17-34/h5-13,20-21H,2-4,14-19H2,1H3,(H,31,32,33). The van der Waals surface area contributed by atoms with Crippen molar-refractivity contribution >= 4 is 34.0 Å². The molecule has 190 valence electrons. The van der Waals surface area contributed by atoms with E-state index in [1.165, 1.54) is 18.5 Å². The lowest BCUT2D eigenvalue weighted by Gasteiger charge is -2.31. The summed E-state index contributed by atoms with van der Waals surface area (Å²) in [6.07, 6.45) is 6.34. The van der Waals surface area contributed by atoms with Crippen molar-refractivity contribution in [2.75, 3.05) is 61.2 Å². The smallest absolute Gasteiger partial charge is 0.227 e. The van der Waals surface area contributed by atoms with Gasteiger partial charge in [-0.1, -0.05) is 18.2 Å². The molecule has 4 aromatic rings. The largest absolute Gasteiger partial charge is 0.378 e. The van der Waals surface area contributed by atoms with Gasteiger partial charge in [-0.05, 0) is 56.2 Å². The second-order valence-corrected chi connectivity index (χ2v) is 9.49. The van der Waals surface area contributed by atoms with E-state index in [0.29, 0.717) is 5.95 Å². The molecule has 0 amide bonds. The van der Waals surface area contributed by atoms with Crippen molar-refractivity contribution in [3.63, 3.8) is 0 Å². The molecule has 2 aliphatic rings. The van der Waals surface area contributed by atoms with Crippen molar-refractivity contribution in [3.05, 3.63) is 67.0 Å². The van der Waals surface area contributed by atoms with Gasteiger partial charge in [0.05, 0.1) is 18.7 Å². The van der Waals surface area contributed by atoms with Crippen molar-refractivity contribution in [1.29, 1.82) is 0 Å². The lowest BCUT2D eigenvalue weighted by Crippen LogP contribution is -2.41. The van der Waals surface area contributed by atoms with Gasteiger partial charge in [-0.2, -0.15) is 0 Å². The molecule has 0 unspecified atom stereocenters. The van der Waals surface area contributed by atoms with Gasteiger partial charge < -0.3 is 15.0 Å². The number of fused-ring (bicyclic) bond motifs is 1. The van der Waals surface area contributed by atoms with E-state index in [9.17, 15) is 0 Å². The maximum absolute atomic E-state index is 5.46. The van der Waals surface area contributed by atoms with Gasteiger partial charge in [-0.15, -0.1) is 0 Å². The fourth-order valence-electron chi connectivity index (χ4n) is 5.20. The van der Waals surface area contributed by atoms with Gasteiger partial charge in [0, 0.05) is 73.0 Å². The van der Waals surface area contributed by atoms with Gasteiger partial charge in [-0.25, -0.2) is 20.0 Å². The Morgan fingerprint density at radius 1 is 0.892 bits per heavy atom. The molecule has 0 saturated carbocycles. The molecular formula is C29H33N7O. The highest BCUT2D eigenvalue weighted by Gasteiger charge is 2.20. The van der Waals surface area contributed by atoms with Crippen LogP contribution in [0.5, 0.6) is 0 Å². The summed E-state index contributed by atoms with van der Waals surface area (Å²) in [7, 11) is 0. The van der Waals surface area contributed by atoms with Crippen LogP contribution in [-0.2, 0) is 4.74 Å². The Kier molecular flexibility index (Phi) is 6.84. The number of aromatic nitrogens is 3. The van der Waals surface area contributed by atoms with Crippen LogP contribution in [0.25, 0.3) is 22.0 Å². The van der Waals surface area contributed by atoms with Crippen LogP contribution in [0.4, 0.5) is 23.1 Å². The molecule has 4 heterocycles. The number of para-hydroxylation sites is 1. The highest BCUT2D eigenvalue weighted by atomic mass is 16.5. The predicted octanol–water partition coefficient (Wildman–Crippen LogP) is 5.11. The first-order valence-electron chi connectivity index (χ1n) is 13.2. The van der Waals surface area contributed by atoms with Gasteiger partial charge in [0.1, 0.15) is 5.82 Å². The predicted molar refractivity (Wildman–Crippen MR) is 149 cm³/mol. The number of hydrazine groups is 1.